The van der Waals surface area contributed by atoms with Crippen LogP contribution in [0.5, 0.6) is 0 Å². The third-order valence-electron chi connectivity index (χ3n) is 3.71. The van der Waals surface area contributed by atoms with Crippen LogP contribution in [-0.2, 0) is 9.84 Å². The van der Waals surface area contributed by atoms with Crippen LogP contribution in [0.4, 0.5) is 15.9 Å². The smallest absolute Gasteiger partial charge is 0.256 e. The summed E-state index contributed by atoms with van der Waals surface area (Å²) in [6, 6.07) is 8.43. The first-order valence-electron chi connectivity index (χ1n) is 7.41. The van der Waals surface area contributed by atoms with Gasteiger partial charge in [-0.1, -0.05) is 0 Å². The van der Waals surface area contributed by atoms with E-state index in [2.05, 4.69) is 15.6 Å². The molecular weight excluding hydrogens is 333 g/mol. The van der Waals surface area contributed by atoms with Crippen molar-refractivity contribution in [2.75, 3.05) is 22.1 Å². The zero-order valence-corrected chi connectivity index (χ0v) is 13.5. The maximum Gasteiger partial charge on any atom is 0.256 e. The van der Waals surface area contributed by atoms with Crippen LogP contribution in [0.3, 0.4) is 0 Å². The van der Waals surface area contributed by atoms with Crippen LogP contribution in [-0.4, -0.2) is 36.9 Å². The van der Waals surface area contributed by atoms with Crippen molar-refractivity contribution in [2.24, 2.45) is 0 Å². The summed E-state index contributed by atoms with van der Waals surface area (Å²) in [5.41, 5.74) is 1.02. The number of nitrogens with one attached hydrogen (secondary N) is 2. The van der Waals surface area contributed by atoms with Crippen LogP contribution >= 0.6 is 0 Å². The van der Waals surface area contributed by atoms with Gasteiger partial charge in [-0.25, -0.2) is 17.8 Å². The number of nitrogens with zero attached hydrogens (tertiary/aromatic N) is 1. The molecule has 1 saturated heterocycles. The molecule has 1 aromatic heterocycles. The third kappa shape index (κ3) is 4.08. The highest BCUT2D eigenvalue weighted by Gasteiger charge is 2.27. The van der Waals surface area contributed by atoms with E-state index in [1.165, 1.54) is 30.5 Å². The largest absolute Gasteiger partial charge is 0.380 e. The highest BCUT2D eigenvalue weighted by atomic mass is 32.2. The molecule has 8 heteroatoms. The molecule has 24 heavy (non-hydrogen) atoms. The average molecular weight is 349 g/mol. The number of benzene rings is 1. The van der Waals surface area contributed by atoms with Crippen molar-refractivity contribution >= 4 is 27.2 Å². The van der Waals surface area contributed by atoms with Gasteiger partial charge in [-0.3, -0.25) is 4.79 Å². The lowest BCUT2D eigenvalue weighted by atomic mass is 10.2. The second-order valence-corrected chi connectivity index (χ2v) is 7.87. The number of hydrogen-bond donors (Lipinski definition) is 2. The van der Waals surface area contributed by atoms with Crippen molar-refractivity contribution in [3.8, 4) is 0 Å². The standard InChI is InChI=1S/C16H16FN3O3S/c17-12-3-1-11(2-4-12)16(21)20-15-6-5-13(9-18-15)19-14-7-8-24(22,23)10-14/h1-6,9,14,19H,7-8,10H2,(H,18,20,21). The number of anilines is 2. The van der Waals surface area contributed by atoms with Crippen molar-refractivity contribution in [1.82, 2.24) is 4.98 Å². The van der Waals surface area contributed by atoms with Crippen molar-refractivity contribution in [3.05, 3.63) is 54.0 Å². The van der Waals surface area contributed by atoms with Gasteiger partial charge in [-0.05, 0) is 42.8 Å². The number of aromatic nitrogens is 1. The average Bonchev–Trinajstić information content (AvgIpc) is 2.88. The third-order valence-corrected chi connectivity index (χ3v) is 5.48. The van der Waals surface area contributed by atoms with Gasteiger partial charge in [0.05, 0.1) is 23.4 Å². The normalized spacial score (nSPS) is 19.0. The molecule has 1 atom stereocenters. The van der Waals surface area contributed by atoms with Gasteiger partial charge in [0.15, 0.2) is 9.84 Å². The molecule has 2 aromatic rings. The van der Waals surface area contributed by atoms with Crippen molar-refractivity contribution < 1.29 is 17.6 Å². The Labute approximate surface area is 139 Å². The lowest BCUT2D eigenvalue weighted by Gasteiger charge is -2.12. The Hall–Kier alpha value is -2.48. The fraction of sp³-hybridized carbons (Fsp3) is 0.250. The van der Waals surface area contributed by atoms with Gasteiger partial charge in [0, 0.05) is 11.6 Å². The highest BCUT2D eigenvalue weighted by molar-refractivity contribution is 7.91. The zero-order chi connectivity index (χ0) is 17.2. The van der Waals surface area contributed by atoms with E-state index < -0.39 is 15.7 Å². The molecule has 0 bridgehead atoms. The van der Waals surface area contributed by atoms with Crippen LogP contribution in [0, 0.1) is 5.82 Å². The van der Waals surface area contributed by atoms with Crippen LogP contribution in [0.15, 0.2) is 42.6 Å². The first-order chi connectivity index (χ1) is 11.4. The topological polar surface area (TPSA) is 88.2 Å². The lowest BCUT2D eigenvalue weighted by Crippen LogP contribution is -2.20. The molecule has 1 amide bonds. The Morgan fingerprint density at radius 3 is 2.50 bits per heavy atom. The number of carbonyl (C=O) groups is 1. The van der Waals surface area contributed by atoms with E-state index in [1.54, 1.807) is 12.1 Å². The van der Waals surface area contributed by atoms with E-state index in [0.717, 1.165) is 0 Å². The summed E-state index contributed by atoms with van der Waals surface area (Å²) >= 11 is 0. The molecule has 6 nitrogen and oxygen atoms in total. The van der Waals surface area contributed by atoms with Crippen LogP contribution in [0.2, 0.25) is 0 Å². The molecule has 1 unspecified atom stereocenters. The quantitative estimate of drug-likeness (QED) is 0.882. The van der Waals surface area contributed by atoms with Gasteiger partial charge in [0.2, 0.25) is 0 Å². The summed E-state index contributed by atoms with van der Waals surface area (Å²) in [6.07, 6.45) is 2.11. The predicted molar refractivity (Wildman–Crippen MR) is 89.3 cm³/mol. The molecular formula is C16H16FN3O3S. The zero-order valence-electron chi connectivity index (χ0n) is 12.7. The molecule has 2 heterocycles. The maximum absolute atomic E-state index is 12.8. The van der Waals surface area contributed by atoms with Crippen molar-refractivity contribution in [2.45, 2.75) is 12.5 Å². The Morgan fingerprint density at radius 2 is 1.92 bits per heavy atom. The van der Waals surface area contributed by atoms with Gasteiger partial charge >= 0.3 is 0 Å². The lowest BCUT2D eigenvalue weighted by molar-refractivity contribution is 0.102. The monoisotopic (exact) mass is 349 g/mol. The number of pyridine rings is 1. The number of sulfone groups is 1. The summed E-state index contributed by atoms with van der Waals surface area (Å²) in [7, 11) is -2.94. The second-order valence-electron chi connectivity index (χ2n) is 5.64. The van der Waals surface area contributed by atoms with Gasteiger partial charge in [-0.15, -0.1) is 0 Å². The number of halogens is 1. The summed E-state index contributed by atoms with van der Waals surface area (Å²) in [5.74, 6) is -0.118. The van der Waals surface area contributed by atoms with Gasteiger partial charge in [-0.2, -0.15) is 0 Å². The second kappa shape index (κ2) is 6.56. The van der Waals surface area contributed by atoms with Crippen LogP contribution in [0.25, 0.3) is 0 Å². The van der Waals surface area contributed by atoms with E-state index in [0.29, 0.717) is 23.5 Å². The Balaban J connectivity index is 1.60. The van der Waals surface area contributed by atoms with E-state index in [9.17, 15) is 17.6 Å². The van der Waals surface area contributed by atoms with Gasteiger partial charge in [0.1, 0.15) is 11.6 Å². The molecule has 0 spiro atoms. The van der Waals surface area contributed by atoms with Gasteiger partial charge in [0.25, 0.3) is 5.91 Å². The Morgan fingerprint density at radius 1 is 1.17 bits per heavy atom. The Bertz CT molecular complexity index is 836. The number of carbonyl (C=O) groups excluding carboxylic acids is 1. The molecule has 1 aromatic carbocycles. The fourth-order valence-electron chi connectivity index (χ4n) is 2.49. The van der Waals surface area contributed by atoms with E-state index in [-0.39, 0.29) is 23.5 Å². The highest BCUT2D eigenvalue weighted by Crippen LogP contribution is 2.18. The van der Waals surface area contributed by atoms with Crippen molar-refractivity contribution in [1.29, 1.82) is 0 Å². The summed E-state index contributed by atoms with van der Waals surface area (Å²) < 4.78 is 35.7. The maximum atomic E-state index is 12.8. The molecule has 0 aliphatic carbocycles. The molecule has 0 radical (unpaired) electrons. The predicted octanol–water partition coefficient (Wildman–Crippen LogP) is 2.07. The minimum atomic E-state index is -2.94. The summed E-state index contributed by atoms with van der Waals surface area (Å²) in [4.78, 5) is 16.1. The van der Waals surface area contributed by atoms with E-state index in [1.807, 2.05) is 0 Å². The molecule has 2 N–H and O–H groups in total. The number of hydrogen-bond acceptors (Lipinski definition) is 5. The fourth-order valence-corrected chi connectivity index (χ4v) is 4.16. The molecule has 126 valence electrons. The number of rotatable bonds is 4. The molecule has 0 saturated carbocycles. The first-order valence-corrected chi connectivity index (χ1v) is 9.23. The SMILES string of the molecule is O=C(Nc1ccc(NC2CCS(=O)(=O)C2)cn1)c1ccc(F)cc1. The first kappa shape index (κ1) is 16.4. The summed E-state index contributed by atoms with van der Waals surface area (Å²) in [5, 5.41) is 5.73. The molecule has 1 fully saturated rings. The number of amides is 1. The van der Waals surface area contributed by atoms with Crippen LogP contribution < -0.4 is 10.6 Å². The summed E-state index contributed by atoms with van der Waals surface area (Å²) in [6.45, 7) is 0. The van der Waals surface area contributed by atoms with E-state index >= 15 is 0 Å². The van der Waals surface area contributed by atoms with Crippen LogP contribution in [0.1, 0.15) is 16.8 Å². The Kier molecular flexibility index (Phi) is 4.48. The minimum absolute atomic E-state index is 0.114. The molecule has 1 aliphatic rings. The van der Waals surface area contributed by atoms with Crippen molar-refractivity contribution in [3.63, 3.8) is 0 Å². The van der Waals surface area contributed by atoms with Gasteiger partial charge < -0.3 is 10.6 Å². The minimum Gasteiger partial charge on any atom is -0.380 e. The molecule has 1 aliphatic heterocycles. The molecule has 3 rings (SSSR count). The van der Waals surface area contributed by atoms with E-state index in [4.69, 9.17) is 0 Å².